The maximum Gasteiger partial charge on any atom is 0.0701 e. The largest absolute Gasteiger partial charge is 0.272 e. The monoisotopic (exact) mass is 328 g/mol. The molecule has 1 unspecified atom stereocenters. The first-order valence-corrected chi connectivity index (χ1v) is 7.34. The molecule has 0 bridgehead atoms. The van der Waals surface area contributed by atoms with E-state index in [0.717, 1.165) is 21.6 Å². The van der Waals surface area contributed by atoms with Crippen molar-refractivity contribution < 1.29 is 0 Å². The second kappa shape index (κ2) is 5.52. The van der Waals surface area contributed by atoms with E-state index in [2.05, 4.69) is 45.5 Å². The van der Waals surface area contributed by atoms with Crippen LogP contribution in [0.3, 0.4) is 0 Å². The van der Waals surface area contributed by atoms with Crippen molar-refractivity contribution >= 4 is 27.3 Å². The van der Waals surface area contributed by atoms with Crippen LogP contribution >= 0.6 is 27.3 Å². The molecule has 0 radical (unpaired) electrons. The summed E-state index contributed by atoms with van der Waals surface area (Å²) in [5.74, 6) is 5.71. The van der Waals surface area contributed by atoms with E-state index in [0.29, 0.717) is 0 Å². The number of halogens is 1. The average molecular weight is 329 g/mol. The van der Waals surface area contributed by atoms with Gasteiger partial charge in [-0.05, 0) is 41.9 Å². The lowest BCUT2D eigenvalue weighted by molar-refractivity contribution is 0.549. The molecule has 4 nitrogen and oxygen atoms in total. The average Bonchev–Trinajstić information content (AvgIpc) is 2.82. The van der Waals surface area contributed by atoms with Gasteiger partial charge in [0.05, 0.1) is 15.5 Å². The maximum absolute atomic E-state index is 5.71. The topological polar surface area (TPSA) is 55.9 Å². The number of thiophene rings is 1. The van der Waals surface area contributed by atoms with Crippen molar-refractivity contribution in [1.29, 1.82) is 0 Å². The first-order chi connectivity index (χ1) is 8.52. The van der Waals surface area contributed by atoms with Gasteiger partial charge in [-0.1, -0.05) is 0 Å². The van der Waals surface area contributed by atoms with Crippen LogP contribution in [-0.2, 0) is 13.5 Å². The summed E-state index contributed by atoms with van der Waals surface area (Å²) in [6.45, 7) is 4.10. The summed E-state index contributed by atoms with van der Waals surface area (Å²) in [4.78, 5) is 1.30. The van der Waals surface area contributed by atoms with E-state index in [-0.39, 0.29) is 6.04 Å². The molecule has 0 aliphatic carbocycles. The van der Waals surface area contributed by atoms with Crippen molar-refractivity contribution in [1.82, 2.24) is 15.2 Å². The highest BCUT2D eigenvalue weighted by Crippen LogP contribution is 2.29. The second-order valence-electron chi connectivity index (χ2n) is 4.34. The molecule has 0 saturated heterocycles. The van der Waals surface area contributed by atoms with Crippen LogP contribution in [0.2, 0.25) is 0 Å². The number of nitrogens with one attached hydrogen (secondary N) is 1. The van der Waals surface area contributed by atoms with Gasteiger partial charge >= 0.3 is 0 Å². The zero-order valence-corrected chi connectivity index (χ0v) is 13.1. The summed E-state index contributed by atoms with van der Waals surface area (Å²) >= 11 is 5.22. The molecule has 0 aromatic carbocycles. The fourth-order valence-electron chi connectivity index (χ4n) is 2.20. The Hall–Kier alpha value is -0.690. The predicted molar refractivity (Wildman–Crippen MR) is 78.5 cm³/mol. The summed E-state index contributed by atoms with van der Waals surface area (Å²) in [6.07, 6.45) is 0.875. The summed E-state index contributed by atoms with van der Waals surface area (Å²) in [6, 6.07) is 4.29. The molecule has 2 heterocycles. The predicted octanol–water partition coefficient (Wildman–Crippen LogP) is 2.61. The van der Waals surface area contributed by atoms with Gasteiger partial charge in [-0.3, -0.25) is 16.0 Å². The normalized spacial score (nSPS) is 12.9. The molecule has 3 N–H and O–H groups in total. The zero-order valence-electron chi connectivity index (χ0n) is 10.7. The van der Waals surface area contributed by atoms with Gasteiger partial charge in [-0.25, -0.2) is 0 Å². The number of aromatic nitrogens is 2. The molecule has 0 aliphatic heterocycles. The van der Waals surface area contributed by atoms with Crippen LogP contribution in [0, 0.1) is 13.8 Å². The third kappa shape index (κ3) is 2.66. The van der Waals surface area contributed by atoms with Crippen molar-refractivity contribution in [2.24, 2.45) is 12.9 Å². The quantitative estimate of drug-likeness (QED) is 0.670. The van der Waals surface area contributed by atoms with E-state index in [1.807, 2.05) is 18.7 Å². The van der Waals surface area contributed by atoms with Crippen molar-refractivity contribution in [3.05, 3.63) is 37.7 Å². The Balaban J connectivity index is 2.28. The van der Waals surface area contributed by atoms with Crippen molar-refractivity contribution in [2.45, 2.75) is 26.3 Å². The molecule has 98 valence electrons. The summed E-state index contributed by atoms with van der Waals surface area (Å²) in [5.41, 5.74) is 6.30. The molecule has 6 heteroatoms. The smallest absolute Gasteiger partial charge is 0.0701 e. The number of aryl methyl sites for hydroxylation is 2. The van der Waals surface area contributed by atoms with Gasteiger partial charge in [0.1, 0.15) is 0 Å². The minimum atomic E-state index is 0.101. The van der Waals surface area contributed by atoms with Gasteiger partial charge < -0.3 is 0 Å². The molecule has 1 atom stereocenters. The molecule has 0 saturated carbocycles. The molecule has 0 amide bonds. The van der Waals surface area contributed by atoms with Crippen LogP contribution in [0.25, 0.3) is 0 Å². The second-order valence-corrected chi connectivity index (χ2v) is 6.88. The van der Waals surface area contributed by atoms with Crippen molar-refractivity contribution in [3.8, 4) is 0 Å². The Morgan fingerprint density at radius 2 is 2.22 bits per heavy atom. The van der Waals surface area contributed by atoms with E-state index >= 15 is 0 Å². The summed E-state index contributed by atoms with van der Waals surface area (Å²) in [7, 11) is 1.96. The van der Waals surface area contributed by atoms with Gasteiger partial charge in [0.15, 0.2) is 0 Å². The molecular formula is C12H17BrN4S. The lowest BCUT2D eigenvalue weighted by Gasteiger charge is -2.15. The number of hydrogen-bond donors (Lipinski definition) is 2. The Kier molecular flexibility index (Phi) is 4.21. The third-order valence-corrected chi connectivity index (χ3v) is 4.79. The number of nitrogens with two attached hydrogens (primary N) is 1. The van der Waals surface area contributed by atoms with Gasteiger partial charge in [0.2, 0.25) is 0 Å². The zero-order chi connectivity index (χ0) is 13.3. The lowest BCUT2D eigenvalue weighted by atomic mass is 10.0. The number of rotatable bonds is 4. The minimum Gasteiger partial charge on any atom is -0.272 e. The molecule has 2 aromatic heterocycles. The Morgan fingerprint density at radius 1 is 1.50 bits per heavy atom. The van der Waals surface area contributed by atoms with Crippen molar-refractivity contribution in [3.63, 3.8) is 0 Å². The Bertz CT molecular complexity index is 546. The number of hydrazine groups is 1. The van der Waals surface area contributed by atoms with Gasteiger partial charge in [-0.15, -0.1) is 11.3 Å². The van der Waals surface area contributed by atoms with E-state index in [9.17, 15) is 0 Å². The Labute approximate surface area is 119 Å². The number of nitrogens with zero attached hydrogens (tertiary/aromatic N) is 2. The molecular weight excluding hydrogens is 312 g/mol. The minimum absolute atomic E-state index is 0.101. The number of hydrogen-bond acceptors (Lipinski definition) is 4. The van der Waals surface area contributed by atoms with E-state index < -0.39 is 0 Å². The van der Waals surface area contributed by atoms with Crippen LogP contribution in [0.1, 0.15) is 27.9 Å². The van der Waals surface area contributed by atoms with E-state index in [1.54, 1.807) is 11.3 Å². The SMILES string of the molecule is Cc1nn(C)c(C)c1C(Cc1ccc(Br)s1)NN. The van der Waals surface area contributed by atoms with Crippen LogP contribution < -0.4 is 11.3 Å². The first-order valence-electron chi connectivity index (χ1n) is 5.73. The molecule has 0 fully saturated rings. The van der Waals surface area contributed by atoms with Crippen LogP contribution in [0.15, 0.2) is 15.9 Å². The maximum atomic E-state index is 5.71. The summed E-state index contributed by atoms with van der Waals surface area (Å²) < 4.78 is 3.05. The highest BCUT2D eigenvalue weighted by atomic mass is 79.9. The van der Waals surface area contributed by atoms with Crippen LogP contribution in [0.4, 0.5) is 0 Å². The lowest BCUT2D eigenvalue weighted by Crippen LogP contribution is -2.30. The van der Waals surface area contributed by atoms with Gasteiger partial charge in [0.25, 0.3) is 0 Å². The fourth-order valence-corrected chi connectivity index (χ4v) is 3.73. The standard InChI is InChI=1S/C12H17BrN4S/c1-7-12(8(2)17(3)16-7)10(15-14)6-9-4-5-11(13)18-9/h4-5,10,15H,6,14H2,1-3H3. The van der Waals surface area contributed by atoms with Crippen molar-refractivity contribution in [2.75, 3.05) is 0 Å². The summed E-state index contributed by atoms with van der Waals surface area (Å²) in [5, 5.41) is 4.44. The first kappa shape index (κ1) is 13.7. The van der Waals surface area contributed by atoms with Crippen LogP contribution in [-0.4, -0.2) is 9.78 Å². The molecule has 18 heavy (non-hydrogen) atoms. The highest BCUT2D eigenvalue weighted by Gasteiger charge is 2.20. The third-order valence-electron chi connectivity index (χ3n) is 3.15. The van der Waals surface area contributed by atoms with Gasteiger partial charge in [0, 0.05) is 29.6 Å². The van der Waals surface area contributed by atoms with E-state index in [1.165, 1.54) is 10.4 Å². The van der Waals surface area contributed by atoms with E-state index in [4.69, 9.17) is 5.84 Å². The van der Waals surface area contributed by atoms with Crippen LogP contribution in [0.5, 0.6) is 0 Å². The molecule has 2 aromatic rings. The Morgan fingerprint density at radius 3 is 2.67 bits per heavy atom. The molecule has 0 aliphatic rings. The highest BCUT2D eigenvalue weighted by molar-refractivity contribution is 9.11. The molecule has 0 spiro atoms. The fraction of sp³-hybridized carbons (Fsp3) is 0.417. The van der Waals surface area contributed by atoms with Gasteiger partial charge in [-0.2, -0.15) is 5.10 Å². The molecule has 2 rings (SSSR count).